The van der Waals surface area contributed by atoms with Crippen LogP contribution in [0.25, 0.3) is 0 Å². The van der Waals surface area contributed by atoms with Crippen LogP contribution in [0.15, 0.2) is 42.5 Å². The Bertz CT molecular complexity index is 748. The van der Waals surface area contributed by atoms with E-state index in [1.54, 1.807) is 24.3 Å². The summed E-state index contributed by atoms with van der Waals surface area (Å²) in [6.45, 7) is 0.894. The van der Waals surface area contributed by atoms with Crippen LogP contribution in [0.3, 0.4) is 0 Å². The third-order valence-corrected chi connectivity index (χ3v) is 4.61. The van der Waals surface area contributed by atoms with Gasteiger partial charge in [0, 0.05) is 23.7 Å². The van der Waals surface area contributed by atoms with Gasteiger partial charge in [-0.1, -0.05) is 54.8 Å². The molecule has 0 radical (unpaired) electrons. The molecule has 0 spiro atoms. The monoisotopic (exact) mass is 394 g/mol. The van der Waals surface area contributed by atoms with E-state index in [1.165, 1.54) is 31.7 Å². The van der Waals surface area contributed by atoms with Crippen LogP contribution in [-0.2, 0) is 13.2 Å². The number of carbonyl (C=O) groups is 1. The largest absolute Gasteiger partial charge is 0.487 e. The number of para-hydroxylation sites is 1. The average Bonchev–Trinajstić information content (AvgIpc) is 3.13. The van der Waals surface area contributed by atoms with Crippen LogP contribution in [-0.4, -0.2) is 17.2 Å². The van der Waals surface area contributed by atoms with Crippen LogP contribution in [0, 0.1) is 5.82 Å². The normalized spacial score (nSPS) is 13.7. The van der Waals surface area contributed by atoms with Gasteiger partial charge in [-0.25, -0.2) is 9.18 Å². The molecule has 0 aromatic heterocycles. The first-order valence-corrected chi connectivity index (χ1v) is 9.20. The first-order valence-electron chi connectivity index (χ1n) is 8.82. The Morgan fingerprint density at radius 1 is 1.19 bits per heavy atom. The number of amides is 1. The van der Waals surface area contributed by atoms with Gasteiger partial charge in [0.05, 0.1) is 5.02 Å². The number of ether oxygens (including phenoxy) is 1. The number of carboxylic acid groups (broad SMARTS) is 1. The molecule has 5 nitrogen and oxygen atoms in total. The second kappa shape index (κ2) is 10.7. The van der Waals surface area contributed by atoms with Crippen molar-refractivity contribution in [3.05, 3.63) is 64.4 Å². The summed E-state index contributed by atoms with van der Waals surface area (Å²) in [4.78, 5) is 8.78. The van der Waals surface area contributed by atoms with Crippen LogP contribution in [0.1, 0.15) is 36.8 Å². The summed E-state index contributed by atoms with van der Waals surface area (Å²) in [6, 6.07) is 12.9. The standard InChI is InChI=1S/C19H21ClFNO.CH3NO2/c20-17-10-5-7-14(12-22-16-8-2-3-9-16)19(17)23-13-15-6-1-4-11-18(15)21;2-1(3)4/h1,4-7,10-11,16,22H,2-3,8-9,12-13H2;2H2,(H,3,4). The maximum absolute atomic E-state index is 13.7. The Labute approximate surface area is 163 Å². The molecule has 0 atom stereocenters. The molecule has 0 heterocycles. The van der Waals surface area contributed by atoms with Crippen LogP contribution < -0.4 is 15.8 Å². The molecular weight excluding hydrogens is 371 g/mol. The van der Waals surface area contributed by atoms with E-state index in [1.807, 2.05) is 12.1 Å². The van der Waals surface area contributed by atoms with Gasteiger partial charge in [0.1, 0.15) is 18.2 Å². The summed E-state index contributed by atoms with van der Waals surface area (Å²) in [5, 5.41) is 11.3. The van der Waals surface area contributed by atoms with E-state index in [9.17, 15) is 4.39 Å². The molecule has 1 saturated carbocycles. The Morgan fingerprint density at radius 3 is 2.48 bits per heavy atom. The molecule has 4 N–H and O–H groups in total. The smallest absolute Gasteiger partial charge is 0.402 e. The highest BCUT2D eigenvalue weighted by Gasteiger charge is 2.16. The van der Waals surface area contributed by atoms with Crippen molar-refractivity contribution in [2.45, 2.75) is 44.9 Å². The second-order valence-corrected chi connectivity index (χ2v) is 6.72. The summed E-state index contributed by atoms with van der Waals surface area (Å²) < 4.78 is 19.6. The summed E-state index contributed by atoms with van der Waals surface area (Å²) in [7, 11) is 0. The SMILES string of the molecule is Fc1ccccc1COc1c(Cl)cccc1CNC1CCCC1.NC(=O)O. The van der Waals surface area contributed by atoms with Gasteiger partial charge in [-0.05, 0) is 25.0 Å². The number of hydrogen-bond acceptors (Lipinski definition) is 3. The molecule has 2 aromatic carbocycles. The Kier molecular flexibility index (Phi) is 8.36. The number of benzene rings is 2. The Morgan fingerprint density at radius 2 is 1.81 bits per heavy atom. The molecule has 0 saturated heterocycles. The molecule has 0 bridgehead atoms. The Balaban J connectivity index is 0.000000596. The average molecular weight is 395 g/mol. The van der Waals surface area contributed by atoms with Crippen molar-refractivity contribution in [2.24, 2.45) is 5.73 Å². The number of hydrogen-bond donors (Lipinski definition) is 3. The van der Waals surface area contributed by atoms with Gasteiger partial charge < -0.3 is 20.9 Å². The summed E-state index contributed by atoms with van der Waals surface area (Å²) in [5.74, 6) is 0.383. The lowest BCUT2D eigenvalue weighted by Crippen LogP contribution is -2.25. The molecule has 0 unspecified atom stereocenters. The van der Waals surface area contributed by atoms with Crippen molar-refractivity contribution < 1.29 is 19.0 Å². The van der Waals surface area contributed by atoms with Gasteiger partial charge in [0.2, 0.25) is 0 Å². The fourth-order valence-electron chi connectivity index (χ4n) is 3.00. The van der Waals surface area contributed by atoms with Gasteiger partial charge in [-0.2, -0.15) is 0 Å². The molecule has 1 fully saturated rings. The molecule has 27 heavy (non-hydrogen) atoms. The molecular formula is C20H24ClFN2O3. The van der Waals surface area contributed by atoms with Gasteiger partial charge in [-0.15, -0.1) is 0 Å². The van der Waals surface area contributed by atoms with E-state index in [-0.39, 0.29) is 12.4 Å². The van der Waals surface area contributed by atoms with Crippen molar-refractivity contribution in [1.82, 2.24) is 5.32 Å². The number of rotatable bonds is 6. The second-order valence-electron chi connectivity index (χ2n) is 6.31. The van der Waals surface area contributed by atoms with Gasteiger partial charge in [-0.3, -0.25) is 0 Å². The number of nitrogens with one attached hydrogen (secondary N) is 1. The topological polar surface area (TPSA) is 84.6 Å². The molecule has 1 aliphatic carbocycles. The lowest BCUT2D eigenvalue weighted by molar-refractivity contribution is 0.205. The van der Waals surface area contributed by atoms with Gasteiger partial charge in [0.15, 0.2) is 0 Å². The third-order valence-electron chi connectivity index (χ3n) is 4.31. The highest BCUT2D eigenvalue weighted by atomic mass is 35.5. The van der Waals surface area contributed by atoms with Gasteiger partial charge >= 0.3 is 6.09 Å². The highest BCUT2D eigenvalue weighted by Crippen LogP contribution is 2.30. The fourth-order valence-corrected chi connectivity index (χ4v) is 3.25. The first-order chi connectivity index (χ1) is 13.0. The zero-order valence-corrected chi connectivity index (χ0v) is 15.7. The minimum absolute atomic E-state index is 0.173. The molecule has 3 rings (SSSR count). The van der Waals surface area contributed by atoms with Crippen LogP contribution in [0.5, 0.6) is 5.75 Å². The third kappa shape index (κ3) is 7.07. The first kappa shape index (κ1) is 21.0. The summed E-state index contributed by atoms with van der Waals surface area (Å²) in [5.41, 5.74) is 5.57. The van der Waals surface area contributed by atoms with E-state index in [2.05, 4.69) is 11.1 Å². The number of halogens is 2. The minimum atomic E-state index is -1.33. The number of primary amides is 1. The zero-order chi connectivity index (χ0) is 19.6. The molecule has 1 aliphatic rings. The maximum atomic E-state index is 13.7. The molecule has 0 aliphatic heterocycles. The molecule has 1 amide bonds. The van der Waals surface area contributed by atoms with E-state index < -0.39 is 6.09 Å². The van der Waals surface area contributed by atoms with Crippen LogP contribution in [0.4, 0.5) is 9.18 Å². The Hall–Kier alpha value is -2.31. The van der Waals surface area contributed by atoms with Crippen LogP contribution in [0.2, 0.25) is 5.02 Å². The van der Waals surface area contributed by atoms with Crippen molar-refractivity contribution in [1.29, 1.82) is 0 Å². The minimum Gasteiger partial charge on any atom is -0.487 e. The van der Waals surface area contributed by atoms with Crippen molar-refractivity contribution in [3.8, 4) is 5.75 Å². The lowest BCUT2D eigenvalue weighted by atomic mass is 10.1. The highest BCUT2D eigenvalue weighted by molar-refractivity contribution is 6.32. The predicted octanol–water partition coefficient (Wildman–Crippen LogP) is 4.71. The maximum Gasteiger partial charge on any atom is 0.402 e. The predicted molar refractivity (Wildman–Crippen MR) is 103 cm³/mol. The lowest BCUT2D eigenvalue weighted by Gasteiger charge is -2.16. The summed E-state index contributed by atoms with van der Waals surface area (Å²) >= 11 is 6.28. The quantitative estimate of drug-likeness (QED) is 0.662. The fraction of sp³-hybridized carbons (Fsp3) is 0.350. The number of nitrogens with two attached hydrogens (primary N) is 1. The molecule has 146 valence electrons. The van der Waals surface area contributed by atoms with E-state index in [4.69, 9.17) is 26.2 Å². The van der Waals surface area contributed by atoms with Crippen LogP contribution >= 0.6 is 11.6 Å². The molecule has 2 aromatic rings. The molecule has 7 heteroatoms. The zero-order valence-electron chi connectivity index (χ0n) is 15.0. The summed E-state index contributed by atoms with van der Waals surface area (Å²) in [6.07, 6.45) is 3.71. The van der Waals surface area contributed by atoms with Crippen molar-refractivity contribution in [3.63, 3.8) is 0 Å². The van der Waals surface area contributed by atoms with E-state index >= 15 is 0 Å². The van der Waals surface area contributed by atoms with E-state index in [0.717, 1.165) is 12.1 Å². The van der Waals surface area contributed by atoms with Crippen molar-refractivity contribution >= 4 is 17.7 Å². The van der Waals surface area contributed by atoms with Gasteiger partial charge in [0.25, 0.3) is 0 Å². The van der Waals surface area contributed by atoms with E-state index in [0.29, 0.717) is 22.4 Å². The van der Waals surface area contributed by atoms with Crippen molar-refractivity contribution in [2.75, 3.05) is 0 Å².